The molecule has 3 rings (SSSR count). The van der Waals surface area contributed by atoms with Crippen molar-refractivity contribution in [2.75, 3.05) is 13.1 Å². The molecule has 1 aliphatic heterocycles. The van der Waals surface area contributed by atoms with Crippen molar-refractivity contribution in [1.82, 2.24) is 10.2 Å². The lowest BCUT2D eigenvalue weighted by atomic mass is 10.2. The number of nitrogens with zero attached hydrogens (tertiary/aromatic N) is 1. The molecule has 1 atom stereocenters. The molecule has 21 heavy (non-hydrogen) atoms. The number of amides is 3. The van der Waals surface area contributed by atoms with E-state index in [1.54, 1.807) is 16.2 Å². The number of carbonyl (C=O) groups is 2. The van der Waals surface area contributed by atoms with Gasteiger partial charge in [0.2, 0.25) is 0 Å². The predicted molar refractivity (Wildman–Crippen MR) is 84.7 cm³/mol. The van der Waals surface area contributed by atoms with Gasteiger partial charge >= 0.3 is 6.03 Å². The molecule has 1 unspecified atom stereocenters. The van der Waals surface area contributed by atoms with Crippen LogP contribution in [0.3, 0.4) is 0 Å². The first kappa shape index (κ1) is 14.1. The van der Waals surface area contributed by atoms with Crippen LogP contribution in [0.5, 0.6) is 0 Å². The molecule has 1 fully saturated rings. The first-order chi connectivity index (χ1) is 10.1. The highest BCUT2D eigenvalue weighted by Crippen LogP contribution is 2.31. The smallest absolute Gasteiger partial charge is 0.314 e. The number of carbonyl (C=O) groups excluding carboxylic acids is 2. The molecule has 7 heteroatoms. The SMILES string of the molecule is NC(=O)N1CCC(NC(=O)c2ccc(-c3cccs3)s2)C1. The molecule has 1 aliphatic rings. The second-order valence-electron chi connectivity index (χ2n) is 4.88. The quantitative estimate of drug-likeness (QED) is 0.910. The van der Waals surface area contributed by atoms with Crippen molar-refractivity contribution < 1.29 is 9.59 Å². The Morgan fingerprint density at radius 2 is 2.14 bits per heavy atom. The third-order valence-electron chi connectivity index (χ3n) is 3.43. The van der Waals surface area contributed by atoms with Crippen LogP contribution in [-0.4, -0.2) is 36.0 Å². The topological polar surface area (TPSA) is 75.4 Å². The van der Waals surface area contributed by atoms with E-state index in [-0.39, 0.29) is 11.9 Å². The van der Waals surface area contributed by atoms with Crippen molar-refractivity contribution >= 4 is 34.6 Å². The fraction of sp³-hybridized carbons (Fsp3) is 0.286. The van der Waals surface area contributed by atoms with Crippen LogP contribution in [-0.2, 0) is 0 Å². The third kappa shape index (κ3) is 3.08. The highest BCUT2D eigenvalue weighted by atomic mass is 32.1. The molecule has 0 bridgehead atoms. The van der Waals surface area contributed by atoms with E-state index in [1.165, 1.54) is 16.2 Å². The number of likely N-dealkylation sites (tertiary alicyclic amines) is 1. The molecule has 5 nitrogen and oxygen atoms in total. The zero-order chi connectivity index (χ0) is 14.8. The average molecular weight is 321 g/mol. The number of hydrogen-bond donors (Lipinski definition) is 2. The summed E-state index contributed by atoms with van der Waals surface area (Å²) in [6.07, 6.45) is 0.748. The van der Waals surface area contributed by atoms with Gasteiger partial charge in [0, 0.05) is 28.9 Å². The maximum absolute atomic E-state index is 12.2. The zero-order valence-electron chi connectivity index (χ0n) is 11.2. The summed E-state index contributed by atoms with van der Waals surface area (Å²) < 4.78 is 0. The highest BCUT2D eigenvalue weighted by Gasteiger charge is 2.26. The fourth-order valence-electron chi connectivity index (χ4n) is 2.35. The van der Waals surface area contributed by atoms with Crippen LogP contribution in [0.15, 0.2) is 29.6 Å². The van der Waals surface area contributed by atoms with E-state index in [4.69, 9.17) is 5.73 Å². The zero-order valence-corrected chi connectivity index (χ0v) is 12.9. The van der Waals surface area contributed by atoms with Gasteiger partial charge in [0.15, 0.2) is 0 Å². The van der Waals surface area contributed by atoms with Crippen LogP contribution in [0.2, 0.25) is 0 Å². The van der Waals surface area contributed by atoms with Crippen LogP contribution >= 0.6 is 22.7 Å². The van der Waals surface area contributed by atoms with Gasteiger partial charge in [-0.25, -0.2) is 4.79 Å². The normalized spacial score (nSPS) is 17.9. The van der Waals surface area contributed by atoms with Gasteiger partial charge in [0.25, 0.3) is 5.91 Å². The average Bonchev–Trinajstić information content (AvgIpc) is 3.19. The molecule has 1 saturated heterocycles. The summed E-state index contributed by atoms with van der Waals surface area (Å²) in [4.78, 5) is 27.8. The summed E-state index contributed by atoms with van der Waals surface area (Å²) >= 11 is 3.14. The summed E-state index contributed by atoms with van der Waals surface area (Å²) in [5.41, 5.74) is 5.24. The Balaban J connectivity index is 1.63. The van der Waals surface area contributed by atoms with Crippen LogP contribution in [0.4, 0.5) is 4.79 Å². The maximum Gasteiger partial charge on any atom is 0.314 e. The number of nitrogens with one attached hydrogen (secondary N) is 1. The van der Waals surface area contributed by atoms with Gasteiger partial charge in [-0.05, 0) is 30.0 Å². The van der Waals surface area contributed by atoms with Crippen molar-refractivity contribution in [3.05, 3.63) is 34.5 Å². The Morgan fingerprint density at radius 3 is 2.81 bits per heavy atom. The lowest BCUT2D eigenvalue weighted by Crippen LogP contribution is -2.39. The van der Waals surface area contributed by atoms with Gasteiger partial charge in [0.05, 0.1) is 4.88 Å². The van der Waals surface area contributed by atoms with Crippen molar-refractivity contribution in [3.63, 3.8) is 0 Å². The number of nitrogens with two attached hydrogens (primary N) is 1. The van der Waals surface area contributed by atoms with E-state index in [9.17, 15) is 9.59 Å². The Bertz CT molecular complexity index is 651. The first-order valence-electron chi connectivity index (χ1n) is 6.62. The molecule has 0 aromatic carbocycles. The first-order valence-corrected chi connectivity index (χ1v) is 8.32. The van der Waals surface area contributed by atoms with Crippen LogP contribution in [0.25, 0.3) is 9.75 Å². The minimum absolute atomic E-state index is 0.0164. The van der Waals surface area contributed by atoms with Gasteiger partial charge in [-0.1, -0.05) is 6.07 Å². The predicted octanol–water partition coefficient (Wildman–Crippen LogP) is 2.36. The Hall–Kier alpha value is -1.86. The molecule has 0 radical (unpaired) electrons. The monoisotopic (exact) mass is 321 g/mol. The number of primary amides is 1. The fourth-order valence-corrected chi connectivity index (χ4v) is 4.09. The van der Waals surface area contributed by atoms with E-state index in [2.05, 4.69) is 5.32 Å². The van der Waals surface area contributed by atoms with Gasteiger partial charge in [0.1, 0.15) is 0 Å². The summed E-state index contributed by atoms with van der Waals surface area (Å²) in [5, 5.41) is 4.98. The number of thiophene rings is 2. The van der Waals surface area contributed by atoms with Crippen LogP contribution in [0, 0.1) is 0 Å². The summed E-state index contributed by atoms with van der Waals surface area (Å²) in [6, 6.07) is 7.40. The largest absolute Gasteiger partial charge is 0.351 e. The molecule has 0 saturated carbocycles. The van der Waals surface area contributed by atoms with Crippen molar-refractivity contribution in [1.29, 1.82) is 0 Å². The standard InChI is InChI=1S/C14H15N3O2S2/c15-14(19)17-6-5-9(8-17)16-13(18)12-4-3-11(21-12)10-2-1-7-20-10/h1-4,7,9H,5-6,8H2,(H2,15,19)(H,16,18). The minimum Gasteiger partial charge on any atom is -0.351 e. The molecule has 2 aromatic rings. The molecule has 2 aromatic heterocycles. The molecular weight excluding hydrogens is 306 g/mol. The van der Waals surface area contributed by atoms with E-state index in [0.29, 0.717) is 18.0 Å². The number of urea groups is 1. The van der Waals surface area contributed by atoms with Gasteiger partial charge < -0.3 is 16.0 Å². The Morgan fingerprint density at radius 1 is 1.29 bits per heavy atom. The van der Waals surface area contributed by atoms with E-state index in [1.807, 2.05) is 29.6 Å². The highest BCUT2D eigenvalue weighted by molar-refractivity contribution is 7.22. The van der Waals surface area contributed by atoms with E-state index >= 15 is 0 Å². The van der Waals surface area contributed by atoms with Crippen molar-refractivity contribution in [3.8, 4) is 9.75 Å². The van der Waals surface area contributed by atoms with E-state index in [0.717, 1.165) is 11.3 Å². The Kier molecular flexibility index (Phi) is 3.94. The molecule has 0 aliphatic carbocycles. The molecule has 110 valence electrons. The van der Waals surface area contributed by atoms with Crippen LogP contribution in [0.1, 0.15) is 16.1 Å². The molecule has 3 heterocycles. The van der Waals surface area contributed by atoms with Crippen LogP contribution < -0.4 is 11.1 Å². The maximum atomic E-state index is 12.2. The summed E-state index contributed by atoms with van der Waals surface area (Å²) in [7, 11) is 0. The van der Waals surface area contributed by atoms with Gasteiger partial charge in [-0.3, -0.25) is 4.79 Å². The lowest BCUT2D eigenvalue weighted by molar-refractivity contribution is 0.0942. The Labute approximate surface area is 130 Å². The minimum atomic E-state index is -0.428. The van der Waals surface area contributed by atoms with Crippen molar-refractivity contribution in [2.45, 2.75) is 12.5 Å². The second kappa shape index (κ2) is 5.87. The van der Waals surface area contributed by atoms with Gasteiger partial charge in [-0.15, -0.1) is 22.7 Å². The number of hydrogen-bond acceptors (Lipinski definition) is 4. The number of rotatable bonds is 3. The molecule has 0 spiro atoms. The molecule has 3 amide bonds. The summed E-state index contributed by atoms with van der Waals surface area (Å²) in [5.74, 6) is -0.0841. The lowest BCUT2D eigenvalue weighted by Gasteiger charge is -2.14. The second-order valence-corrected chi connectivity index (χ2v) is 6.92. The van der Waals surface area contributed by atoms with Gasteiger partial charge in [-0.2, -0.15) is 0 Å². The third-order valence-corrected chi connectivity index (χ3v) is 5.58. The molecular formula is C14H15N3O2S2. The van der Waals surface area contributed by atoms with Crippen molar-refractivity contribution in [2.24, 2.45) is 5.73 Å². The molecule has 3 N–H and O–H groups in total. The van der Waals surface area contributed by atoms with E-state index < -0.39 is 6.03 Å². The summed E-state index contributed by atoms with van der Waals surface area (Å²) in [6.45, 7) is 1.09.